The zero-order chi connectivity index (χ0) is 20.3. The summed E-state index contributed by atoms with van der Waals surface area (Å²) in [6.07, 6.45) is -1.37. The second kappa shape index (κ2) is 8.52. The maximum atomic E-state index is 12.6. The van der Waals surface area contributed by atoms with E-state index >= 15 is 0 Å². The molecule has 2 unspecified atom stereocenters. The molecule has 0 saturated carbocycles. The Morgan fingerprint density at radius 2 is 1.89 bits per heavy atom. The molecule has 2 aromatic carbocycles. The predicted octanol–water partition coefficient (Wildman–Crippen LogP) is 3.86. The molecular formula is C21H22ClNO5. The Morgan fingerprint density at radius 1 is 1.18 bits per heavy atom. The molecule has 0 radical (unpaired) electrons. The number of nitrogens with one attached hydrogen (secondary N) is 1. The lowest BCUT2D eigenvalue weighted by Gasteiger charge is -2.22. The Labute approximate surface area is 168 Å². The van der Waals surface area contributed by atoms with E-state index in [2.05, 4.69) is 5.32 Å². The highest BCUT2D eigenvalue weighted by Crippen LogP contribution is 2.31. The van der Waals surface area contributed by atoms with Crippen molar-refractivity contribution in [2.24, 2.45) is 5.92 Å². The van der Waals surface area contributed by atoms with Crippen LogP contribution in [-0.2, 0) is 20.7 Å². The van der Waals surface area contributed by atoms with Gasteiger partial charge in [-0.1, -0.05) is 25.4 Å². The molecule has 0 fully saturated rings. The SMILES string of the molecule is COc1ccc(NC(=O)C(OC(=O)C2Cc3cc(Cl)ccc3O2)C(C)C)cc1. The molecule has 3 rings (SSSR count). The first-order chi connectivity index (χ1) is 13.4. The Bertz CT molecular complexity index is 866. The first-order valence-electron chi connectivity index (χ1n) is 8.98. The number of methoxy groups -OCH3 is 1. The van der Waals surface area contributed by atoms with E-state index in [-0.39, 0.29) is 5.92 Å². The molecule has 6 nitrogen and oxygen atoms in total. The van der Waals surface area contributed by atoms with Gasteiger partial charge in [0.05, 0.1) is 7.11 Å². The van der Waals surface area contributed by atoms with Gasteiger partial charge in [0, 0.05) is 17.1 Å². The van der Waals surface area contributed by atoms with E-state index in [1.54, 1.807) is 49.6 Å². The topological polar surface area (TPSA) is 73.9 Å². The molecule has 148 valence electrons. The molecule has 1 aliphatic rings. The number of hydrogen-bond donors (Lipinski definition) is 1. The lowest BCUT2D eigenvalue weighted by molar-refractivity contribution is -0.163. The largest absolute Gasteiger partial charge is 0.497 e. The van der Waals surface area contributed by atoms with E-state index < -0.39 is 24.1 Å². The normalized spacial score (nSPS) is 16.1. The zero-order valence-corrected chi connectivity index (χ0v) is 16.7. The maximum absolute atomic E-state index is 12.6. The van der Waals surface area contributed by atoms with Gasteiger partial charge in [0.2, 0.25) is 0 Å². The highest BCUT2D eigenvalue weighted by molar-refractivity contribution is 6.30. The first kappa shape index (κ1) is 20.0. The van der Waals surface area contributed by atoms with Crippen LogP contribution in [0, 0.1) is 5.92 Å². The number of anilines is 1. The number of benzene rings is 2. The van der Waals surface area contributed by atoms with Crippen molar-refractivity contribution < 1.29 is 23.8 Å². The molecule has 1 amide bonds. The number of carbonyl (C=O) groups is 2. The van der Waals surface area contributed by atoms with E-state index in [0.29, 0.717) is 28.6 Å². The average Bonchev–Trinajstić information content (AvgIpc) is 3.09. The van der Waals surface area contributed by atoms with E-state index in [1.807, 2.05) is 13.8 Å². The van der Waals surface area contributed by atoms with Gasteiger partial charge < -0.3 is 19.5 Å². The summed E-state index contributed by atoms with van der Waals surface area (Å²) < 4.78 is 16.3. The van der Waals surface area contributed by atoms with E-state index in [4.69, 9.17) is 25.8 Å². The highest BCUT2D eigenvalue weighted by atomic mass is 35.5. The fraction of sp³-hybridized carbons (Fsp3) is 0.333. The Balaban J connectivity index is 1.63. The molecule has 0 aliphatic carbocycles. The minimum absolute atomic E-state index is 0.208. The van der Waals surface area contributed by atoms with E-state index in [1.165, 1.54) is 0 Å². The third-order valence-electron chi connectivity index (χ3n) is 4.42. The van der Waals surface area contributed by atoms with Gasteiger partial charge in [-0.25, -0.2) is 4.79 Å². The van der Waals surface area contributed by atoms with Crippen LogP contribution in [0.3, 0.4) is 0 Å². The minimum Gasteiger partial charge on any atom is -0.497 e. The molecule has 0 spiro atoms. The van der Waals surface area contributed by atoms with Crippen molar-refractivity contribution in [2.45, 2.75) is 32.5 Å². The van der Waals surface area contributed by atoms with Gasteiger partial charge >= 0.3 is 5.97 Å². The molecule has 28 heavy (non-hydrogen) atoms. The van der Waals surface area contributed by atoms with Gasteiger partial charge in [-0.3, -0.25) is 4.79 Å². The first-order valence-corrected chi connectivity index (χ1v) is 9.35. The predicted molar refractivity (Wildman–Crippen MR) is 106 cm³/mol. The fourth-order valence-corrected chi connectivity index (χ4v) is 3.12. The molecule has 1 N–H and O–H groups in total. The third kappa shape index (κ3) is 4.57. The van der Waals surface area contributed by atoms with Gasteiger partial charge in [0.15, 0.2) is 12.2 Å². The van der Waals surface area contributed by atoms with Crippen molar-refractivity contribution in [1.29, 1.82) is 0 Å². The number of fused-ring (bicyclic) bond motifs is 1. The van der Waals surface area contributed by atoms with Crippen molar-refractivity contribution >= 4 is 29.2 Å². The smallest absolute Gasteiger partial charge is 0.348 e. The van der Waals surface area contributed by atoms with Crippen molar-refractivity contribution in [2.75, 3.05) is 12.4 Å². The van der Waals surface area contributed by atoms with Crippen molar-refractivity contribution in [3.63, 3.8) is 0 Å². The Kier molecular flexibility index (Phi) is 6.09. The summed E-state index contributed by atoms with van der Waals surface area (Å²) in [6, 6.07) is 12.1. The summed E-state index contributed by atoms with van der Waals surface area (Å²) in [7, 11) is 1.57. The summed E-state index contributed by atoms with van der Waals surface area (Å²) in [5, 5.41) is 3.34. The van der Waals surface area contributed by atoms with Gasteiger partial charge in [0.25, 0.3) is 5.91 Å². The van der Waals surface area contributed by atoms with Gasteiger partial charge in [0.1, 0.15) is 11.5 Å². The number of halogens is 1. The van der Waals surface area contributed by atoms with Crippen molar-refractivity contribution in [3.8, 4) is 11.5 Å². The van der Waals surface area contributed by atoms with Crippen LogP contribution in [0.1, 0.15) is 19.4 Å². The molecule has 2 atom stereocenters. The summed E-state index contributed by atoms with van der Waals surface area (Å²) in [5.74, 6) is 0.112. The van der Waals surface area contributed by atoms with Gasteiger partial charge in [-0.2, -0.15) is 0 Å². The Morgan fingerprint density at radius 3 is 2.54 bits per heavy atom. The van der Waals surface area contributed by atoms with Crippen LogP contribution in [0.15, 0.2) is 42.5 Å². The molecular weight excluding hydrogens is 382 g/mol. The molecule has 0 aromatic heterocycles. The van der Waals surface area contributed by atoms with Crippen LogP contribution in [0.5, 0.6) is 11.5 Å². The molecule has 1 aliphatic heterocycles. The second-order valence-corrected chi connectivity index (χ2v) is 7.32. The fourth-order valence-electron chi connectivity index (χ4n) is 2.93. The standard InChI is InChI=1S/C21H22ClNO5/c1-12(2)19(20(24)23-15-5-7-16(26-3)8-6-15)28-21(25)18-11-13-10-14(22)4-9-17(13)27-18/h4-10,12,18-19H,11H2,1-3H3,(H,23,24). The molecule has 2 aromatic rings. The number of esters is 1. The van der Waals surface area contributed by atoms with Crippen LogP contribution in [0.25, 0.3) is 0 Å². The number of carbonyl (C=O) groups excluding carboxylic acids is 2. The van der Waals surface area contributed by atoms with Gasteiger partial charge in [-0.05, 0) is 53.9 Å². The van der Waals surface area contributed by atoms with Crippen LogP contribution in [0.4, 0.5) is 5.69 Å². The van der Waals surface area contributed by atoms with Crippen LogP contribution >= 0.6 is 11.6 Å². The minimum atomic E-state index is -0.939. The summed E-state index contributed by atoms with van der Waals surface area (Å²) in [5.41, 5.74) is 1.44. The Hall–Kier alpha value is -2.73. The van der Waals surface area contributed by atoms with E-state index in [9.17, 15) is 9.59 Å². The quantitative estimate of drug-likeness (QED) is 0.741. The summed E-state index contributed by atoms with van der Waals surface area (Å²) in [4.78, 5) is 25.2. The zero-order valence-electron chi connectivity index (χ0n) is 15.9. The highest BCUT2D eigenvalue weighted by Gasteiger charge is 2.35. The lowest BCUT2D eigenvalue weighted by atomic mass is 10.1. The number of rotatable bonds is 6. The molecule has 1 heterocycles. The summed E-state index contributed by atoms with van der Waals surface area (Å²) >= 11 is 5.98. The summed E-state index contributed by atoms with van der Waals surface area (Å²) in [6.45, 7) is 3.63. The maximum Gasteiger partial charge on any atom is 0.348 e. The number of ether oxygens (including phenoxy) is 3. The van der Waals surface area contributed by atoms with Crippen LogP contribution in [0.2, 0.25) is 5.02 Å². The molecule has 0 saturated heterocycles. The van der Waals surface area contributed by atoms with E-state index in [0.717, 1.165) is 5.56 Å². The van der Waals surface area contributed by atoms with Crippen LogP contribution < -0.4 is 14.8 Å². The number of hydrogen-bond acceptors (Lipinski definition) is 5. The average molecular weight is 404 g/mol. The van der Waals surface area contributed by atoms with Crippen molar-refractivity contribution in [3.05, 3.63) is 53.1 Å². The number of amides is 1. The lowest BCUT2D eigenvalue weighted by Crippen LogP contribution is -2.40. The van der Waals surface area contributed by atoms with Crippen molar-refractivity contribution in [1.82, 2.24) is 0 Å². The van der Waals surface area contributed by atoms with Gasteiger partial charge in [-0.15, -0.1) is 0 Å². The molecule has 0 bridgehead atoms. The third-order valence-corrected chi connectivity index (χ3v) is 4.66. The molecule has 7 heteroatoms. The monoisotopic (exact) mass is 403 g/mol. The van der Waals surface area contributed by atoms with Crippen LogP contribution in [-0.4, -0.2) is 31.2 Å². The second-order valence-electron chi connectivity index (χ2n) is 6.88.